The van der Waals surface area contributed by atoms with Crippen molar-refractivity contribution < 1.29 is 18.0 Å². The Balaban J connectivity index is 1.59. The summed E-state index contributed by atoms with van der Waals surface area (Å²) in [6.45, 7) is -0.414. The Morgan fingerprint density at radius 2 is 1.93 bits per heavy atom. The second-order valence-electron chi connectivity index (χ2n) is 6.55. The first-order valence-electron chi connectivity index (χ1n) is 8.52. The lowest BCUT2D eigenvalue weighted by atomic mass is 10.2. The highest BCUT2D eigenvalue weighted by atomic mass is 32.1. The summed E-state index contributed by atoms with van der Waals surface area (Å²) in [5.74, 6) is -0.609. The molecule has 3 heterocycles. The number of nitrogens with zero attached hydrogens (tertiary/aromatic N) is 6. The van der Waals surface area contributed by atoms with Crippen molar-refractivity contribution in [2.45, 2.75) is 12.7 Å². The van der Waals surface area contributed by atoms with Gasteiger partial charge in [0.15, 0.2) is 16.4 Å². The van der Waals surface area contributed by atoms with Gasteiger partial charge in [0.25, 0.3) is 0 Å². The van der Waals surface area contributed by atoms with Gasteiger partial charge in [-0.15, -0.1) is 5.10 Å². The second kappa shape index (κ2) is 7.09. The standard InChI is InChI=1S/C17H14F3N7O2S/c1-25(2)15-23-13-12(30-15)14-24-27(16(29)26(14)8-21-13)7-11(28)22-10-5-3-9(4-6-10)17(18,19)20/h3-6,8H,7H2,1-2H3,(H,22,28). The quantitative estimate of drug-likeness (QED) is 0.526. The number of carbonyl (C=O) groups excluding carboxylic acids is 1. The smallest absolute Gasteiger partial charge is 0.354 e. The minimum Gasteiger partial charge on any atom is -0.354 e. The molecule has 0 atom stereocenters. The molecule has 30 heavy (non-hydrogen) atoms. The number of thiazole rings is 1. The molecule has 9 nitrogen and oxygen atoms in total. The number of carbonyl (C=O) groups is 1. The topological polar surface area (TPSA) is 97.4 Å². The Kier molecular flexibility index (Phi) is 4.68. The first kappa shape index (κ1) is 19.8. The van der Waals surface area contributed by atoms with Gasteiger partial charge >= 0.3 is 11.9 Å². The van der Waals surface area contributed by atoms with Crippen LogP contribution in [-0.4, -0.2) is 44.2 Å². The van der Waals surface area contributed by atoms with Gasteiger partial charge in [0.05, 0.1) is 5.56 Å². The first-order chi connectivity index (χ1) is 14.1. The fourth-order valence-electron chi connectivity index (χ4n) is 2.70. The molecule has 3 aromatic heterocycles. The number of hydrogen-bond donors (Lipinski definition) is 1. The summed E-state index contributed by atoms with van der Waals surface area (Å²) in [7, 11) is 3.65. The van der Waals surface area contributed by atoms with E-state index in [1.807, 2.05) is 14.1 Å². The zero-order chi connectivity index (χ0) is 21.6. The number of nitrogens with one attached hydrogen (secondary N) is 1. The molecule has 0 saturated heterocycles. The third kappa shape index (κ3) is 3.58. The normalized spacial score (nSPS) is 11.9. The fraction of sp³-hybridized carbons (Fsp3) is 0.235. The van der Waals surface area contributed by atoms with Crippen molar-refractivity contribution in [3.8, 4) is 0 Å². The Morgan fingerprint density at radius 1 is 1.23 bits per heavy atom. The maximum atomic E-state index is 12.6. The number of benzene rings is 1. The van der Waals surface area contributed by atoms with Gasteiger partial charge in [-0.3, -0.25) is 4.79 Å². The van der Waals surface area contributed by atoms with E-state index in [-0.39, 0.29) is 5.69 Å². The van der Waals surface area contributed by atoms with E-state index in [0.717, 1.165) is 28.9 Å². The molecule has 0 aliphatic rings. The third-order valence-electron chi connectivity index (χ3n) is 4.14. The summed E-state index contributed by atoms with van der Waals surface area (Å²) in [4.78, 5) is 35.1. The number of fused-ring (bicyclic) bond motifs is 3. The van der Waals surface area contributed by atoms with Crippen molar-refractivity contribution in [2.24, 2.45) is 0 Å². The van der Waals surface area contributed by atoms with Gasteiger partial charge < -0.3 is 10.2 Å². The zero-order valence-corrected chi connectivity index (χ0v) is 16.5. The molecular weight excluding hydrogens is 423 g/mol. The van der Waals surface area contributed by atoms with E-state index < -0.39 is 29.9 Å². The molecule has 0 spiro atoms. The first-order valence-corrected chi connectivity index (χ1v) is 9.34. The SMILES string of the molecule is CN(C)c1nc2ncn3c(=O)n(CC(=O)Nc4ccc(C(F)(F)F)cc4)nc3c2s1. The van der Waals surface area contributed by atoms with E-state index in [4.69, 9.17) is 0 Å². The van der Waals surface area contributed by atoms with E-state index in [1.165, 1.54) is 22.1 Å². The summed E-state index contributed by atoms with van der Waals surface area (Å²) in [5.41, 5.74) is -0.468. The molecule has 0 bridgehead atoms. The molecule has 4 rings (SSSR count). The third-order valence-corrected chi connectivity index (χ3v) is 5.35. The number of hydrogen-bond acceptors (Lipinski definition) is 7. The predicted molar refractivity (Wildman–Crippen MR) is 105 cm³/mol. The lowest BCUT2D eigenvalue weighted by molar-refractivity contribution is -0.137. The van der Waals surface area contributed by atoms with E-state index in [0.29, 0.717) is 21.1 Å². The van der Waals surface area contributed by atoms with Crippen LogP contribution in [0.1, 0.15) is 5.56 Å². The summed E-state index contributed by atoms with van der Waals surface area (Å²) >= 11 is 1.31. The van der Waals surface area contributed by atoms with Crippen LogP contribution in [-0.2, 0) is 17.5 Å². The molecule has 0 unspecified atom stereocenters. The lowest BCUT2D eigenvalue weighted by Crippen LogP contribution is -2.28. The summed E-state index contributed by atoms with van der Waals surface area (Å²) in [6, 6.07) is 4.00. The van der Waals surface area contributed by atoms with Crippen LogP contribution in [0.5, 0.6) is 0 Å². The minimum atomic E-state index is -4.46. The molecule has 1 aromatic carbocycles. The summed E-state index contributed by atoms with van der Waals surface area (Å²) in [5, 5.41) is 7.35. The Hall–Kier alpha value is -3.48. The van der Waals surface area contributed by atoms with Crippen LogP contribution >= 0.6 is 11.3 Å². The van der Waals surface area contributed by atoms with Gasteiger partial charge in [-0.05, 0) is 24.3 Å². The lowest BCUT2D eigenvalue weighted by Gasteiger charge is -2.08. The molecular formula is C17H14F3N7O2S. The van der Waals surface area contributed by atoms with Gasteiger partial charge in [0.2, 0.25) is 5.91 Å². The Morgan fingerprint density at radius 3 is 2.57 bits per heavy atom. The molecule has 4 aromatic rings. The second-order valence-corrected chi connectivity index (χ2v) is 7.52. The van der Waals surface area contributed by atoms with Crippen molar-refractivity contribution in [1.82, 2.24) is 24.1 Å². The Labute approximate surface area is 170 Å². The van der Waals surface area contributed by atoms with E-state index in [9.17, 15) is 22.8 Å². The number of halogens is 3. The average Bonchev–Trinajstić information content (AvgIpc) is 3.23. The minimum absolute atomic E-state index is 0.173. The van der Waals surface area contributed by atoms with Crippen molar-refractivity contribution in [2.75, 3.05) is 24.3 Å². The highest BCUT2D eigenvalue weighted by molar-refractivity contribution is 7.22. The summed E-state index contributed by atoms with van der Waals surface area (Å²) in [6.07, 6.45) is -3.18. The van der Waals surface area contributed by atoms with Gasteiger partial charge in [-0.1, -0.05) is 11.3 Å². The Bertz CT molecular complexity index is 1310. The predicted octanol–water partition coefficient (Wildman–Crippen LogP) is 2.22. The van der Waals surface area contributed by atoms with Crippen molar-refractivity contribution in [3.63, 3.8) is 0 Å². The molecule has 0 aliphatic carbocycles. The van der Waals surface area contributed by atoms with Crippen molar-refractivity contribution >= 4 is 44.1 Å². The van der Waals surface area contributed by atoms with Gasteiger partial charge in [0, 0.05) is 19.8 Å². The number of anilines is 2. The largest absolute Gasteiger partial charge is 0.416 e. The number of amides is 1. The highest BCUT2D eigenvalue weighted by Crippen LogP contribution is 2.30. The fourth-order valence-corrected chi connectivity index (χ4v) is 3.62. The molecule has 1 amide bonds. The molecule has 0 aliphatic heterocycles. The van der Waals surface area contributed by atoms with Crippen molar-refractivity contribution in [3.05, 3.63) is 46.6 Å². The summed E-state index contributed by atoms with van der Waals surface area (Å²) < 4.78 is 40.6. The zero-order valence-electron chi connectivity index (χ0n) is 15.6. The number of aromatic nitrogens is 5. The van der Waals surface area contributed by atoms with Crippen LogP contribution in [0.3, 0.4) is 0 Å². The van der Waals surface area contributed by atoms with E-state index >= 15 is 0 Å². The van der Waals surface area contributed by atoms with Crippen LogP contribution in [0.2, 0.25) is 0 Å². The monoisotopic (exact) mass is 437 g/mol. The molecule has 1 N–H and O–H groups in total. The molecule has 13 heteroatoms. The van der Waals surface area contributed by atoms with Crippen molar-refractivity contribution in [1.29, 1.82) is 0 Å². The molecule has 0 fully saturated rings. The van der Waals surface area contributed by atoms with Crippen LogP contribution in [0.25, 0.3) is 16.0 Å². The van der Waals surface area contributed by atoms with Crippen LogP contribution in [0.15, 0.2) is 35.4 Å². The molecule has 156 valence electrons. The van der Waals surface area contributed by atoms with Gasteiger partial charge in [0.1, 0.15) is 17.6 Å². The van der Waals surface area contributed by atoms with E-state index in [2.05, 4.69) is 20.4 Å². The van der Waals surface area contributed by atoms with Gasteiger partial charge in [-0.2, -0.15) is 18.2 Å². The van der Waals surface area contributed by atoms with Crippen LogP contribution < -0.4 is 15.9 Å². The molecule has 0 saturated carbocycles. The number of alkyl halides is 3. The maximum Gasteiger partial charge on any atom is 0.416 e. The highest BCUT2D eigenvalue weighted by Gasteiger charge is 2.30. The van der Waals surface area contributed by atoms with Crippen LogP contribution in [0.4, 0.5) is 24.0 Å². The van der Waals surface area contributed by atoms with Crippen LogP contribution in [0, 0.1) is 0 Å². The number of rotatable bonds is 4. The maximum absolute atomic E-state index is 12.6. The average molecular weight is 437 g/mol. The van der Waals surface area contributed by atoms with E-state index in [1.54, 1.807) is 4.90 Å². The molecule has 0 radical (unpaired) electrons. The van der Waals surface area contributed by atoms with Gasteiger partial charge in [-0.25, -0.2) is 18.9 Å².